The Bertz CT molecular complexity index is 658. The second kappa shape index (κ2) is 6.08. The first-order valence-electron chi connectivity index (χ1n) is 6.20. The first-order valence-corrected chi connectivity index (χ1v) is 6.20. The molecule has 1 aromatic carbocycles. The molecule has 0 fully saturated rings. The lowest BCUT2D eigenvalue weighted by Gasteiger charge is -2.12. The molecule has 0 radical (unpaired) electrons. The van der Waals surface area contributed by atoms with Crippen LogP contribution in [0.5, 0.6) is 5.75 Å². The summed E-state index contributed by atoms with van der Waals surface area (Å²) in [6.07, 6.45) is 1.65. The van der Waals surface area contributed by atoms with Crippen LogP contribution in [0.15, 0.2) is 30.5 Å². The lowest BCUT2D eigenvalue weighted by atomic mass is 10.2. The van der Waals surface area contributed by atoms with Gasteiger partial charge in [0.25, 0.3) is 0 Å². The van der Waals surface area contributed by atoms with Gasteiger partial charge in [0.2, 0.25) is 5.95 Å². The number of carboxylic acids is 1. The molecule has 7 nitrogen and oxygen atoms in total. The number of hydrogen-bond acceptors (Lipinski definition) is 6. The Labute approximate surface area is 122 Å². The Morgan fingerprint density at radius 2 is 2.10 bits per heavy atom. The van der Waals surface area contributed by atoms with E-state index in [-0.39, 0.29) is 11.3 Å². The van der Waals surface area contributed by atoms with Crippen LogP contribution in [-0.4, -0.2) is 42.2 Å². The zero-order valence-electron chi connectivity index (χ0n) is 12.0. The van der Waals surface area contributed by atoms with Crippen LogP contribution in [0, 0.1) is 0 Å². The minimum atomic E-state index is -1.03. The fourth-order valence-electron chi connectivity index (χ4n) is 1.73. The summed E-state index contributed by atoms with van der Waals surface area (Å²) in [5.74, 6) is 0.442. The van der Waals surface area contributed by atoms with Crippen molar-refractivity contribution in [3.8, 4) is 5.75 Å². The summed E-state index contributed by atoms with van der Waals surface area (Å²) in [5, 5.41) is 12.1. The van der Waals surface area contributed by atoms with Gasteiger partial charge < -0.3 is 20.1 Å². The molecule has 0 saturated heterocycles. The molecule has 21 heavy (non-hydrogen) atoms. The van der Waals surface area contributed by atoms with E-state index in [0.29, 0.717) is 17.5 Å². The maximum absolute atomic E-state index is 11.0. The number of aromatic carboxylic acids is 1. The number of ether oxygens (including phenoxy) is 1. The molecule has 0 saturated carbocycles. The van der Waals surface area contributed by atoms with Crippen molar-refractivity contribution in [2.75, 3.05) is 31.4 Å². The van der Waals surface area contributed by atoms with Crippen molar-refractivity contribution in [3.05, 3.63) is 36.0 Å². The van der Waals surface area contributed by atoms with E-state index >= 15 is 0 Å². The second-order valence-corrected chi connectivity index (χ2v) is 4.48. The molecule has 0 aliphatic carbocycles. The van der Waals surface area contributed by atoms with Crippen LogP contribution < -0.4 is 15.0 Å². The molecule has 0 amide bonds. The largest absolute Gasteiger partial charge is 0.496 e. The highest BCUT2D eigenvalue weighted by molar-refractivity contribution is 5.91. The first kappa shape index (κ1) is 14.6. The third-order valence-electron chi connectivity index (χ3n) is 2.75. The van der Waals surface area contributed by atoms with E-state index in [0.717, 1.165) is 0 Å². The molecule has 2 rings (SSSR count). The van der Waals surface area contributed by atoms with Gasteiger partial charge in [-0.15, -0.1) is 0 Å². The van der Waals surface area contributed by atoms with Crippen molar-refractivity contribution in [1.82, 2.24) is 9.97 Å². The van der Waals surface area contributed by atoms with Gasteiger partial charge in [-0.1, -0.05) is 0 Å². The van der Waals surface area contributed by atoms with Crippen LogP contribution in [-0.2, 0) is 0 Å². The lowest BCUT2D eigenvalue weighted by molar-refractivity contribution is 0.0693. The summed E-state index contributed by atoms with van der Waals surface area (Å²) in [6.45, 7) is 0. The Hall–Kier alpha value is -2.83. The van der Waals surface area contributed by atoms with Crippen molar-refractivity contribution in [2.45, 2.75) is 0 Å². The average Bonchev–Trinajstić information content (AvgIpc) is 2.47. The molecule has 1 heterocycles. The van der Waals surface area contributed by atoms with Crippen molar-refractivity contribution in [2.24, 2.45) is 0 Å². The maximum atomic E-state index is 11.0. The molecule has 110 valence electrons. The smallest absolute Gasteiger partial charge is 0.339 e. The van der Waals surface area contributed by atoms with Crippen LogP contribution in [0.3, 0.4) is 0 Å². The van der Waals surface area contributed by atoms with E-state index in [1.807, 2.05) is 14.1 Å². The fraction of sp³-hybridized carbons (Fsp3) is 0.214. The normalized spacial score (nSPS) is 10.0. The summed E-state index contributed by atoms with van der Waals surface area (Å²) < 4.78 is 5.09. The molecule has 2 N–H and O–H groups in total. The number of anilines is 3. The maximum Gasteiger partial charge on any atom is 0.339 e. The third kappa shape index (κ3) is 3.38. The zero-order chi connectivity index (χ0) is 15.4. The number of carbonyl (C=O) groups is 1. The molecule has 0 atom stereocenters. The van der Waals surface area contributed by atoms with Crippen LogP contribution in [0.2, 0.25) is 0 Å². The molecule has 0 spiro atoms. The van der Waals surface area contributed by atoms with Gasteiger partial charge >= 0.3 is 5.97 Å². The van der Waals surface area contributed by atoms with Crippen LogP contribution in [0.25, 0.3) is 0 Å². The molecule has 7 heteroatoms. The Kier molecular flexibility index (Phi) is 4.22. The van der Waals surface area contributed by atoms with Gasteiger partial charge in [0.15, 0.2) is 0 Å². The number of methoxy groups -OCH3 is 1. The molecule has 0 aliphatic rings. The summed E-state index contributed by atoms with van der Waals surface area (Å²) in [6, 6.07) is 6.48. The van der Waals surface area contributed by atoms with Crippen LogP contribution in [0.1, 0.15) is 10.4 Å². The van der Waals surface area contributed by atoms with E-state index in [4.69, 9.17) is 9.84 Å². The van der Waals surface area contributed by atoms with E-state index in [2.05, 4.69) is 15.3 Å². The molecule has 2 aromatic rings. The molecular formula is C14H16N4O3. The fourth-order valence-corrected chi connectivity index (χ4v) is 1.73. The van der Waals surface area contributed by atoms with Crippen molar-refractivity contribution >= 4 is 23.4 Å². The third-order valence-corrected chi connectivity index (χ3v) is 2.75. The number of hydrogen-bond donors (Lipinski definition) is 2. The van der Waals surface area contributed by atoms with Crippen LogP contribution >= 0.6 is 0 Å². The summed E-state index contributed by atoms with van der Waals surface area (Å²) >= 11 is 0. The molecule has 1 aromatic heterocycles. The monoisotopic (exact) mass is 288 g/mol. The number of carboxylic acid groups (broad SMARTS) is 1. The van der Waals surface area contributed by atoms with Crippen molar-refractivity contribution < 1.29 is 14.6 Å². The molecular weight excluding hydrogens is 272 g/mol. The predicted octanol–water partition coefficient (Wildman–Crippen LogP) is 1.99. The minimum absolute atomic E-state index is 0.111. The molecule has 0 unspecified atom stereocenters. The first-order chi connectivity index (χ1) is 10.0. The lowest BCUT2D eigenvalue weighted by Crippen LogP contribution is -2.13. The van der Waals surface area contributed by atoms with Crippen molar-refractivity contribution in [3.63, 3.8) is 0 Å². The van der Waals surface area contributed by atoms with Crippen LogP contribution in [0.4, 0.5) is 17.5 Å². The van der Waals surface area contributed by atoms with Gasteiger partial charge in [0.05, 0.1) is 7.11 Å². The minimum Gasteiger partial charge on any atom is -0.496 e. The van der Waals surface area contributed by atoms with E-state index in [9.17, 15) is 4.79 Å². The summed E-state index contributed by atoms with van der Waals surface area (Å²) in [7, 11) is 5.13. The van der Waals surface area contributed by atoms with Gasteiger partial charge in [0.1, 0.15) is 17.1 Å². The highest BCUT2D eigenvalue weighted by atomic mass is 16.5. The predicted molar refractivity (Wildman–Crippen MR) is 79.6 cm³/mol. The Morgan fingerprint density at radius 3 is 2.71 bits per heavy atom. The topological polar surface area (TPSA) is 87.6 Å². The highest BCUT2D eigenvalue weighted by Gasteiger charge is 2.11. The number of rotatable bonds is 5. The van der Waals surface area contributed by atoms with Gasteiger partial charge in [-0.3, -0.25) is 0 Å². The Morgan fingerprint density at radius 1 is 1.33 bits per heavy atom. The van der Waals surface area contributed by atoms with Gasteiger partial charge in [0, 0.05) is 32.0 Å². The molecule has 0 bridgehead atoms. The number of aromatic nitrogens is 2. The standard InChI is InChI=1S/C14H16N4O3/c1-18(2)14-15-7-6-12(17-14)16-9-4-5-10(13(19)20)11(8-9)21-3/h4-8H,1-3H3,(H,19,20)(H,15,16,17). The SMILES string of the molecule is COc1cc(Nc2ccnc(N(C)C)n2)ccc1C(=O)O. The van der Waals surface area contributed by atoms with E-state index in [1.165, 1.54) is 13.2 Å². The number of benzene rings is 1. The zero-order valence-corrected chi connectivity index (χ0v) is 12.0. The number of nitrogens with one attached hydrogen (secondary N) is 1. The van der Waals surface area contributed by atoms with E-state index in [1.54, 1.807) is 29.3 Å². The average molecular weight is 288 g/mol. The van der Waals surface area contributed by atoms with Crippen molar-refractivity contribution in [1.29, 1.82) is 0 Å². The van der Waals surface area contributed by atoms with E-state index < -0.39 is 5.97 Å². The van der Waals surface area contributed by atoms with Gasteiger partial charge in [-0.05, 0) is 18.2 Å². The number of nitrogens with zero attached hydrogens (tertiary/aromatic N) is 3. The highest BCUT2D eigenvalue weighted by Crippen LogP contribution is 2.25. The summed E-state index contributed by atoms with van der Waals surface area (Å²) in [4.78, 5) is 21.3. The summed E-state index contributed by atoms with van der Waals surface area (Å²) in [5.41, 5.74) is 0.792. The van der Waals surface area contributed by atoms with Gasteiger partial charge in [-0.2, -0.15) is 4.98 Å². The Balaban J connectivity index is 2.27. The van der Waals surface area contributed by atoms with Gasteiger partial charge in [-0.25, -0.2) is 9.78 Å². The second-order valence-electron chi connectivity index (χ2n) is 4.48. The quantitative estimate of drug-likeness (QED) is 0.869. The molecule has 0 aliphatic heterocycles.